The number of para-hydroxylation sites is 1. The molecule has 1 saturated heterocycles. The molecule has 4 rings (SSSR count). The maximum atomic E-state index is 13.0. The minimum atomic E-state index is 0.0275. The molecule has 0 bridgehead atoms. The first-order chi connectivity index (χ1) is 12.1. The average molecular weight is 358 g/mol. The summed E-state index contributed by atoms with van der Waals surface area (Å²) in [4.78, 5) is 20.7. The van der Waals surface area contributed by atoms with Crippen molar-refractivity contribution in [3.63, 3.8) is 0 Å². The highest BCUT2D eigenvalue weighted by Crippen LogP contribution is 2.39. The number of fused-ring (bicyclic) bond motifs is 1. The molecule has 0 saturated carbocycles. The van der Waals surface area contributed by atoms with Gasteiger partial charge in [0.25, 0.3) is 5.91 Å². The van der Waals surface area contributed by atoms with Gasteiger partial charge in [-0.1, -0.05) is 13.0 Å². The van der Waals surface area contributed by atoms with Gasteiger partial charge in [0.1, 0.15) is 13.2 Å². The van der Waals surface area contributed by atoms with Crippen LogP contribution in [0.25, 0.3) is 0 Å². The largest absolute Gasteiger partial charge is 0.486 e. The number of benzene rings is 1. The molecule has 2 aliphatic rings. The van der Waals surface area contributed by atoms with E-state index in [4.69, 9.17) is 9.47 Å². The maximum Gasteiger partial charge on any atom is 0.257 e. The molecule has 0 N–H and O–H groups in total. The standard InChI is InChI=1S/C19H22N2O3S/c1-13-12-20-18(25-13)19(2)6-8-21(9-7-19)17(22)14-4-3-5-15-16(14)24-11-10-23-15/h3-5,12H,6-11H2,1-2H3. The summed E-state index contributed by atoms with van der Waals surface area (Å²) in [6.07, 6.45) is 3.80. The van der Waals surface area contributed by atoms with Gasteiger partial charge in [-0.25, -0.2) is 4.98 Å². The third-order valence-corrected chi connectivity index (χ3v) is 6.31. The summed E-state index contributed by atoms with van der Waals surface area (Å²) in [7, 11) is 0. The molecule has 132 valence electrons. The van der Waals surface area contributed by atoms with Gasteiger partial charge in [0.2, 0.25) is 0 Å². The second kappa shape index (κ2) is 6.33. The summed E-state index contributed by atoms with van der Waals surface area (Å²) in [5.41, 5.74) is 0.664. The average Bonchev–Trinajstić information content (AvgIpc) is 3.09. The van der Waals surface area contributed by atoms with Gasteiger partial charge < -0.3 is 14.4 Å². The van der Waals surface area contributed by atoms with Crippen LogP contribution < -0.4 is 9.47 Å². The van der Waals surface area contributed by atoms with E-state index in [1.54, 1.807) is 11.3 Å². The SMILES string of the molecule is Cc1cnc(C2(C)CCN(C(=O)c3cccc4c3OCCO4)CC2)s1. The number of thiazole rings is 1. The van der Waals surface area contributed by atoms with Crippen LogP contribution in [0.5, 0.6) is 11.5 Å². The minimum absolute atomic E-state index is 0.0275. The Morgan fingerprint density at radius 1 is 1.24 bits per heavy atom. The van der Waals surface area contributed by atoms with Crippen molar-refractivity contribution in [3.05, 3.63) is 39.8 Å². The van der Waals surface area contributed by atoms with E-state index in [9.17, 15) is 4.79 Å². The molecule has 0 spiro atoms. The van der Waals surface area contributed by atoms with Crippen molar-refractivity contribution in [1.82, 2.24) is 9.88 Å². The lowest BCUT2D eigenvalue weighted by Gasteiger charge is -2.38. The van der Waals surface area contributed by atoms with Crippen LogP contribution in [-0.2, 0) is 5.41 Å². The number of nitrogens with zero attached hydrogens (tertiary/aromatic N) is 2. The zero-order valence-corrected chi connectivity index (χ0v) is 15.4. The normalized spacial score (nSPS) is 18.9. The van der Waals surface area contributed by atoms with Crippen LogP contribution in [0, 0.1) is 6.92 Å². The predicted octanol–water partition coefficient (Wildman–Crippen LogP) is 3.42. The number of amides is 1. The Kier molecular flexibility index (Phi) is 4.15. The second-order valence-corrected chi connectivity index (χ2v) is 8.19. The third kappa shape index (κ3) is 2.99. The number of likely N-dealkylation sites (tertiary alicyclic amines) is 1. The Balaban J connectivity index is 1.50. The summed E-state index contributed by atoms with van der Waals surface area (Å²) >= 11 is 1.77. The van der Waals surface area contributed by atoms with Crippen LogP contribution >= 0.6 is 11.3 Å². The highest BCUT2D eigenvalue weighted by molar-refractivity contribution is 7.11. The molecule has 1 aromatic carbocycles. The first-order valence-corrected chi connectivity index (χ1v) is 9.49. The van der Waals surface area contributed by atoms with Crippen LogP contribution in [0.15, 0.2) is 24.4 Å². The topological polar surface area (TPSA) is 51.7 Å². The smallest absolute Gasteiger partial charge is 0.257 e. The molecule has 3 heterocycles. The van der Waals surface area contributed by atoms with Crippen LogP contribution in [0.3, 0.4) is 0 Å². The number of carbonyl (C=O) groups excluding carboxylic acids is 1. The zero-order valence-electron chi connectivity index (χ0n) is 14.6. The Morgan fingerprint density at radius 2 is 2.00 bits per heavy atom. The van der Waals surface area contributed by atoms with Crippen LogP contribution in [0.4, 0.5) is 0 Å². The zero-order chi connectivity index (χ0) is 17.4. The molecule has 0 unspecified atom stereocenters. The summed E-state index contributed by atoms with van der Waals surface area (Å²) in [6, 6.07) is 5.53. The molecule has 2 aromatic rings. The molecular weight excluding hydrogens is 336 g/mol. The van der Waals surface area contributed by atoms with Gasteiger partial charge in [-0.05, 0) is 31.9 Å². The summed E-state index contributed by atoms with van der Waals surface area (Å²) < 4.78 is 11.3. The van der Waals surface area contributed by atoms with Crippen molar-refractivity contribution in [2.24, 2.45) is 0 Å². The van der Waals surface area contributed by atoms with Crippen molar-refractivity contribution < 1.29 is 14.3 Å². The molecule has 1 fully saturated rings. The third-order valence-electron chi connectivity index (χ3n) is 5.09. The number of rotatable bonds is 2. The quantitative estimate of drug-likeness (QED) is 0.825. The van der Waals surface area contributed by atoms with E-state index in [1.807, 2.05) is 29.3 Å². The van der Waals surface area contributed by atoms with E-state index in [2.05, 4.69) is 18.8 Å². The van der Waals surface area contributed by atoms with Crippen LogP contribution in [0.2, 0.25) is 0 Å². The van der Waals surface area contributed by atoms with E-state index in [0.717, 1.165) is 25.9 Å². The molecule has 1 amide bonds. The van der Waals surface area contributed by atoms with Crippen molar-refractivity contribution in [2.75, 3.05) is 26.3 Å². The van der Waals surface area contributed by atoms with Gasteiger partial charge >= 0.3 is 0 Å². The maximum absolute atomic E-state index is 13.0. The predicted molar refractivity (Wildman–Crippen MR) is 96.8 cm³/mol. The van der Waals surface area contributed by atoms with Gasteiger partial charge in [0, 0.05) is 29.6 Å². The molecular formula is C19H22N2O3S. The molecule has 6 heteroatoms. The number of carbonyl (C=O) groups is 1. The highest BCUT2D eigenvalue weighted by Gasteiger charge is 2.36. The van der Waals surface area contributed by atoms with Gasteiger partial charge in [0.15, 0.2) is 11.5 Å². The number of aryl methyl sites for hydroxylation is 1. The molecule has 0 radical (unpaired) electrons. The first kappa shape index (κ1) is 16.4. The van der Waals surface area contributed by atoms with Crippen LogP contribution in [0.1, 0.15) is 40.0 Å². The van der Waals surface area contributed by atoms with Gasteiger partial charge in [-0.15, -0.1) is 11.3 Å². The van der Waals surface area contributed by atoms with E-state index in [-0.39, 0.29) is 11.3 Å². The lowest BCUT2D eigenvalue weighted by molar-refractivity contribution is 0.0666. The summed E-state index contributed by atoms with van der Waals surface area (Å²) in [6.45, 7) is 6.83. The minimum Gasteiger partial charge on any atom is -0.486 e. The second-order valence-electron chi connectivity index (χ2n) is 6.96. The number of piperidine rings is 1. The Morgan fingerprint density at radius 3 is 2.72 bits per heavy atom. The monoisotopic (exact) mass is 358 g/mol. The van der Waals surface area contributed by atoms with E-state index in [1.165, 1.54) is 9.88 Å². The number of hydrogen-bond donors (Lipinski definition) is 0. The van der Waals surface area contributed by atoms with Crippen molar-refractivity contribution in [3.8, 4) is 11.5 Å². The molecule has 25 heavy (non-hydrogen) atoms. The number of hydrogen-bond acceptors (Lipinski definition) is 5. The number of aromatic nitrogens is 1. The molecule has 5 nitrogen and oxygen atoms in total. The molecule has 0 atom stereocenters. The lowest BCUT2D eigenvalue weighted by atomic mass is 9.81. The Bertz CT molecular complexity index is 794. The lowest BCUT2D eigenvalue weighted by Crippen LogP contribution is -2.44. The molecule has 0 aliphatic carbocycles. The van der Waals surface area contributed by atoms with E-state index >= 15 is 0 Å². The van der Waals surface area contributed by atoms with E-state index < -0.39 is 0 Å². The fraction of sp³-hybridized carbons (Fsp3) is 0.474. The molecule has 2 aliphatic heterocycles. The Hall–Kier alpha value is -2.08. The van der Waals surface area contributed by atoms with Gasteiger partial charge in [-0.3, -0.25) is 4.79 Å². The fourth-order valence-electron chi connectivity index (χ4n) is 3.46. The van der Waals surface area contributed by atoms with Crippen molar-refractivity contribution >= 4 is 17.2 Å². The summed E-state index contributed by atoms with van der Waals surface area (Å²) in [5, 5.41) is 1.19. The van der Waals surface area contributed by atoms with Crippen LogP contribution in [-0.4, -0.2) is 42.1 Å². The number of ether oxygens (including phenoxy) is 2. The highest BCUT2D eigenvalue weighted by atomic mass is 32.1. The molecule has 1 aromatic heterocycles. The van der Waals surface area contributed by atoms with Gasteiger partial charge in [0.05, 0.1) is 10.6 Å². The van der Waals surface area contributed by atoms with E-state index in [0.29, 0.717) is 30.3 Å². The first-order valence-electron chi connectivity index (χ1n) is 8.68. The van der Waals surface area contributed by atoms with Gasteiger partial charge in [-0.2, -0.15) is 0 Å². The van der Waals surface area contributed by atoms with Crippen molar-refractivity contribution in [1.29, 1.82) is 0 Å². The van der Waals surface area contributed by atoms with Crippen molar-refractivity contribution in [2.45, 2.75) is 32.1 Å². The fourth-order valence-corrected chi connectivity index (χ4v) is 4.43. The Labute approximate surface area is 151 Å². The summed E-state index contributed by atoms with van der Waals surface area (Å²) in [5.74, 6) is 1.28.